The van der Waals surface area contributed by atoms with Gasteiger partial charge in [0.05, 0.1) is 6.61 Å². The Morgan fingerprint density at radius 3 is 2.72 bits per heavy atom. The lowest BCUT2D eigenvalue weighted by Crippen LogP contribution is -2.14. The summed E-state index contributed by atoms with van der Waals surface area (Å²) in [6.45, 7) is 7.12. The highest BCUT2D eigenvalue weighted by Crippen LogP contribution is 2.23. The van der Waals surface area contributed by atoms with E-state index in [1.807, 2.05) is 6.07 Å². The number of nitrogens with one attached hydrogen (secondary N) is 1. The molecule has 0 bridgehead atoms. The first-order valence-corrected chi connectivity index (χ1v) is 7.69. The molecule has 102 valence electrons. The molecular weight excluding hydrogens is 290 g/mol. The van der Waals surface area contributed by atoms with Gasteiger partial charge in [-0.3, -0.25) is 0 Å². The van der Waals surface area contributed by atoms with Crippen molar-refractivity contribution in [2.24, 2.45) is 0 Å². The SMILES string of the molecule is CCCCCOc1ccc(Br)cc1CNCCC. The lowest BCUT2D eigenvalue weighted by Gasteiger charge is -2.12. The molecule has 3 heteroatoms. The molecule has 0 atom stereocenters. The van der Waals surface area contributed by atoms with Gasteiger partial charge in [0.15, 0.2) is 0 Å². The summed E-state index contributed by atoms with van der Waals surface area (Å²) in [6.07, 6.45) is 4.75. The van der Waals surface area contributed by atoms with Crippen LogP contribution in [0.3, 0.4) is 0 Å². The van der Waals surface area contributed by atoms with E-state index in [0.29, 0.717) is 0 Å². The van der Waals surface area contributed by atoms with Crippen LogP contribution in [0.4, 0.5) is 0 Å². The first-order chi connectivity index (χ1) is 8.77. The third-order valence-corrected chi connectivity index (χ3v) is 3.26. The molecule has 1 aromatic rings. The molecule has 0 saturated carbocycles. The van der Waals surface area contributed by atoms with E-state index in [2.05, 4.69) is 47.2 Å². The molecule has 1 aromatic carbocycles. The summed E-state index contributed by atoms with van der Waals surface area (Å²) in [6, 6.07) is 6.23. The van der Waals surface area contributed by atoms with E-state index in [-0.39, 0.29) is 0 Å². The van der Waals surface area contributed by atoms with Crippen LogP contribution >= 0.6 is 15.9 Å². The van der Waals surface area contributed by atoms with Gasteiger partial charge in [0.2, 0.25) is 0 Å². The summed E-state index contributed by atoms with van der Waals surface area (Å²) in [7, 11) is 0. The molecule has 0 aromatic heterocycles. The molecule has 0 amide bonds. The predicted octanol–water partition coefficient (Wildman–Crippen LogP) is 4.52. The fourth-order valence-electron chi connectivity index (χ4n) is 1.76. The first-order valence-electron chi connectivity index (χ1n) is 6.89. The summed E-state index contributed by atoms with van der Waals surface area (Å²) < 4.78 is 6.97. The molecule has 0 saturated heterocycles. The van der Waals surface area contributed by atoms with Crippen LogP contribution in [-0.4, -0.2) is 13.2 Å². The minimum Gasteiger partial charge on any atom is -0.493 e. The van der Waals surface area contributed by atoms with Crippen molar-refractivity contribution in [1.82, 2.24) is 5.32 Å². The van der Waals surface area contributed by atoms with Crippen molar-refractivity contribution in [1.29, 1.82) is 0 Å². The Labute approximate surface area is 119 Å². The number of unbranched alkanes of at least 4 members (excludes halogenated alkanes) is 2. The lowest BCUT2D eigenvalue weighted by atomic mass is 10.2. The molecule has 0 unspecified atom stereocenters. The molecule has 18 heavy (non-hydrogen) atoms. The number of halogens is 1. The Morgan fingerprint density at radius 1 is 1.17 bits per heavy atom. The van der Waals surface area contributed by atoms with Crippen molar-refractivity contribution in [2.75, 3.05) is 13.2 Å². The molecule has 0 aliphatic heterocycles. The largest absolute Gasteiger partial charge is 0.493 e. The summed E-state index contributed by atoms with van der Waals surface area (Å²) in [5.41, 5.74) is 1.23. The Balaban J connectivity index is 2.52. The van der Waals surface area contributed by atoms with Crippen LogP contribution in [0.5, 0.6) is 5.75 Å². The van der Waals surface area contributed by atoms with Crippen LogP contribution in [0.25, 0.3) is 0 Å². The molecule has 2 nitrogen and oxygen atoms in total. The molecule has 0 spiro atoms. The van der Waals surface area contributed by atoms with Crippen molar-refractivity contribution in [3.8, 4) is 5.75 Å². The minimum atomic E-state index is 0.816. The highest BCUT2D eigenvalue weighted by atomic mass is 79.9. The van der Waals surface area contributed by atoms with E-state index < -0.39 is 0 Å². The zero-order valence-electron chi connectivity index (χ0n) is 11.5. The van der Waals surface area contributed by atoms with E-state index in [1.54, 1.807) is 0 Å². The van der Waals surface area contributed by atoms with Gasteiger partial charge in [0, 0.05) is 16.6 Å². The summed E-state index contributed by atoms with van der Waals surface area (Å²) >= 11 is 3.52. The third kappa shape index (κ3) is 5.87. The molecule has 1 rings (SSSR count). The van der Waals surface area contributed by atoms with Gasteiger partial charge in [0.1, 0.15) is 5.75 Å². The van der Waals surface area contributed by atoms with E-state index in [9.17, 15) is 0 Å². The molecule has 1 N–H and O–H groups in total. The van der Waals surface area contributed by atoms with E-state index in [4.69, 9.17) is 4.74 Å². The van der Waals surface area contributed by atoms with Gasteiger partial charge in [-0.05, 0) is 37.6 Å². The van der Waals surface area contributed by atoms with Crippen LogP contribution < -0.4 is 10.1 Å². The smallest absolute Gasteiger partial charge is 0.123 e. The average Bonchev–Trinajstić information content (AvgIpc) is 2.37. The van der Waals surface area contributed by atoms with E-state index in [0.717, 1.165) is 42.8 Å². The van der Waals surface area contributed by atoms with Crippen molar-refractivity contribution < 1.29 is 4.74 Å². The second-order valence-corrected chi connectivity index (χ2v) is 5.40. The van der Waals surface area contributed by atoms with Crippen molar-refractivity contribution >= 4 is 15.9 Å². The van der Waals surface area contributed by atoms with Crippen LogP contribution in [-0.2, 0) is 6.54 Å². The minimum absolute atomic E-state index is 0.816. The van der Waals surface area contributed by atoms with Crippen molar-refractivity contribution in [2.45, 2.75) is 46.1 Å². The Hall–Kier alpha value is -0.540. The second-order valence-electron chi connectivity index (χ2n) is 4.48. The number of rotatable bonds is 9. The highest BCUT2D eigenvalue weighted by molar-refractivity contribution is 9.10. The maximum absolute atomic E-state index is 5.86. The second kappa shape index (κ2) is 9.40. The van der Waals surface area contributed by atoms with Gasteiger partial charge in [-0.25, -0.2) is 0 Å². The molecule has 0 fully saturated rings. The van der Waals surface area contributed by atoms with Crippen molar-refractivity contribution in [3.63, 3.8) is 0 Å². The molecule has 0 heterocycles. The first kappa shape index (κ1) is 15.5. The monoisotopic (exact) mass is 313 g/mol. The van der Waals surface area contributed by atoms with Crippen molar-refractivity contribution in [3.05, 3.63) is 28.2 Å². The number of hydrogen-bond donors (Lipinski definition) is 1. The zero-order chi connectivity index (χ0) is 13.2. The molecular formula is C15H24BrNO. The summed E-state index contributed by atoms with van der Waals surface area (Å²) in [5, 5.41) is 3.42. The molecule has 0 radical (unpaired) electrons. The quantitative estimate of drug-likeness (QED) is 0.677. The zero-order valence-corrected chi connectivity index (χ0v) is 13.1. The normalized spacial score (nSPS) is 10.6. The fourth-order valence-corrected chi connectivity index (χ4v) is 2.17. The van der Waals surface area contributed by atoms with Gasteiger partial charge >= 0.3 is 0 Å². The summed E-state index contributed by atoms with van der Waals surface area (Å²) in [5.74, 6) is 1.01. The van der Waals surface area contributed by atoms with E-state index >= 15 is 0 Å². The summed E-state index contributed by atoms with van der Waals surface area (Å²) in [4.78, 5) is 0. The maximum Gasteiger partial charge on any atom is 0.123 e. The van der Waals surface area contributed by atoms with E-state index in [1.165, 1.54) is 18.4 Å². The average molecular weight is 314 g/mol. The van der Waals surface area contributed by atoms with Gasteiger partial charge in [-0.1, -0.05) is 42.6 Å². The lowest BCUT2D eigenvalue weighted by molar-refractivity contribution is 0.302. The highest BCUT2D eigenvalue weighted by Gasteiger charge is 2.04. The Bertz CT molecular complexity index is 341. The standard InChI is InChI=1S/C15H24BrNO/c1-3-5-6-10-18-15-8-7-14(16)11-13(15)12-17-9-4-2/h7-8,11,17H,3-6,9-10,12H2,1-2H3. The number of hydrogen-bond acceptors (Lipinski definition) is 2. The van der Waals surface area contributed by atoms with Gasteiger partial charge < -0.3 is 10.1 Å². The van der Waals surface area contributed by atoms with Crippen LogP contribution in [0.2, 0.25) is 0 Å². The molecule has 0 aliphatic rings. The predicted molar refractivity (Wildman–Crippen MR) is 81.2 cm³/mol. The molecule has 0 aliphatic carbocycles. The maximum atomic E-state index is 5.86. The van der Waals surface area contributed by atoms with Crippen LogP contribution in [0, 0.1) is 0 Å². The Morgan fingerprint density at radius 2 is 2.00 bits per heavy atom. The van der Waals surface area contributed by atoms with Gasteiger partial charge in [-0.15, -0.1) is 0 Å². The van der Waals surface area contributed by atoms with Gasteiger partial charge in [-0.2, -0.15) is 0 Å². The van der Waals surface area contributed by atoms with Crippen LogP contribution in [0.15, 0.2) is 22.7 Å². The van der Waals surface area contributed by atoms with Crippen LogP contribution in [0.1, 0.15) is 45.1 Å². The third-order valence-electron chi connectivity index (χ3n) is 2.77. The number of benzene rings is 1. The topological polar surface area (TPSA) is 21.3 Å². The fraction of sp³-hybridized carbons (Fsp3) is 0.600. The van der Waals surface area contributed by atoms with Gasteiger partial charge in [0.25, 0.3) is 0 Å². The Kier molecular flexibility index (Phi) is 8.10. The number of ether oxygens (including phenoxy) is 1.